The van der Waals surface area contributed by atoms with Crippen LogP contribution in [-0.4, -0.2) is 23.2 Å². The van der Waals surface area contributed by atoms with Crippen LogP contribution in [0.3, 0.4) is 0 Å². The number of methoxy groups -OCH3 is 1. The van der Waals surface area contributed by atoms with Crippen molar-refractivity contribution in [3.05, 3.63) is 59.3 Å². The first kappa shape index (κ1) is 15.4. The molecular weight excluding hydrogens is 308 g/mol. The molecule has 0 atom stereocenters. The predicted octanol–water partition coefficient (Wildman–Crippen LogP) is 3.33. The molecule has 2 aromatic carbocycles. The molecule has 2 N–H and O–H groups in total. The second-order valence-corrected chi connectivity index (χ2v) is 5.18. The lowest BCUT2D eigenvalue weighted by atomic mass is 10.1. The minimum atomic E-state index is -1.02. The first-order valence-corrected chi connectivity index (χ1v) is 7.16. The summed E-state index contributed by atoms with van der Waals surface area (Å²) in [5.74, 6) is 0.00505. The molecule has 0 unspecified atom stereocenters. The molecule has 6 nitrogen and oxygen atoms in total. The SMILES string of the molecule is COc1cc2[nH]c(C(=O)O)cc2cc1OCc1ccc(C#N)cc1. The maximum Gasteiger partial charge on any atom is 0.352 e. The van der Waals surface area contributed by atoms with Crippen molar-refractivity contribution in [1.29, 1.82) is 5.26 Å². The number of nitrogens with one attached hydrogen (secondary N) is 1. The Bertz CT molecular complexity index is 936. The third kappa shape index (κ3) is 3.01. The molecule has 3 aromatic rings. The van der Waals surface area contributed by atoms with E-state index in [2.05, 4.69) is 11.1 Å². The van der Waals surface area contributed by atoms with Gasteiger partial charge in [-0.05, 0) is 29.8 Å². The Morgan fingerprint density at radius 1 is 1.21 bits per heavy atom. The molecule has 24 heavy (non-hydrogen) atoms. The summed E-state index contributed by atoms with van der Waals surface area (Å²) in [7, 11) is 1.52. The fourth-order valence-corrected chi connectivity index (χ4v) is 2.36. The molecular formula is C18H14N2O4. The van der Waals surface area contributed by atoms with E-state index in [-0.39, 0.29) is 5.69 Å². The number of hydrogen-bond acceptors (Lipinski definition) is 4. The Morgan fingerprint density at radius 3 is 2.58 bits per heavy atom. The Hall–Kier alpha value is -3.46. The molecule has 0 fully saturated rings. The predicted molar refractivity (Wildman–Crippen MR) is 87.3 cm³/mol. The van der Waals surface area contributed by atoms with Gasteiger partial charge in [0.05, 0.1) is 24.3 Å². The van der Waals surface area contributed by atoms with E-state index in [1.165, 1.54) is 7.11 Å². The fourth-order valence-electron chi connectivity index (χ4n) is 2.36. The molecule has 1 heterocycles. The molecule has 120 valence electrons. The summed E-state index contributed by atoms with van der Waals surface area (Å²) in [6.45, 7) is 0.309. The van der Waals surface area contributed by atoms with E-state index in [0.29, 0.717) is 29.2 Å². The van der Waals surface area contributed by atoms with E-state index in [1.54, 1.807) is 30.3 Å². The van der Waals surface area contributed by atoms with Crippen molar-refractivity contribution >= 4 is 16.9 Å². The summed E-state index contributed by atoms with van der Waals surface area (Å²) < 4.78 is 11.1. The number of aromatic carboxylic acids is 1. The van der Waals surface area contributed by atoms with Crippen LogP contribution in [0.25, 0.3) is 10.9 Å². The first-order valence-electron chi connectivity index (χ1n) is 7.16. The fraction of sp³-hybridized carbons (Fsp3) is 0.111. The number of carboxylic acids is 1. The van der Waals surface area contributed by atoms with Crippen LogP contribution in [0.4, 0.5) is 0 Å². The number of rotatable bonds is 5. The number of hydrogen-bond donors (Lipinski definition) is 2. The molecule has 0 radical (unpaired) electrons. The molecule has 0 aliphatic rings. The number of nitriles is 1. The summed E-state index contributed by atoms with van der Waals surface area (Å²) in [5, 5.41) is 18.6. The number of aromatic amines is 1. The van der Waals surface area contributed by atoms with Crippen molar-refractivity contribution in [2.24, 2.45) is 0 Å². The lowest BCUT2D eigenvalue weighted by molar-refractivity contribution is 0.0691. The average molecular weight is 322 g/mol. The van der Waals surface area contributed by atoms with Crippen LogP contribution in [-0.2, 0) is 6.61 Å². The van der Waals surface area contributed by atoms with E-state index >= 15 is 0 Å². The van der Waals surface area contributed by atoms with Gasteiger partial charge in [-0.3, -0.25) is 0 Å². The van der Waals surface area contributed by atoms with Crippen LogP contribution in [0.15, 0.2) is 42.5 Å². The maximum atomic E-state index is 11.1. The highest BCUT2D eigenvalue weighted by atomic mass is 16.5. The largest absolute Gasteiger partial charge is 0.493 e. The summed E-state index contributed by atoms with van der Waals surface area (Å²) >= 11 is 0. The highest BCUT2D eigenvalue weighted by molar-refractivity contribution is 5.94. The second-order valence-electron chi connectivity index (χ2n) is 5.18. The van der Waals surface area contributed by atoms with Crippen LogP contribution in [0.2, 0.25) is 0 Å². The lowest BCUT2D eigenvalue weighted by Crippen LogP contribution is -1.97. The van der Waals surface area contributed by atoms with Gasteiger partial charge in [0, 0.05) is 11.5 Å². The topological polar surface area (TPSA) is 95.3 Å². The van der Waals surface area contributed by atoms with Gasteiger partial charge in [0.2, 0.25) is 0 Å². The monoisotopic (exact) mass is 322 g/mol. The summed E-state index contributed by atoms with van der Waals surface area (Å²) in [5.41, 5.74) is 2.27. The Morgan fingerprint density at radius 2 is 1.96 bits per heavy atom. The zero-order valence-electron chi connectivity index (χ0n) is 12.9. The zero-order valence-corrected chi connectivity index (χ0v) is 12.9. The van der Waals surface area contributed by atoms with Gasteiger partial charge < -0.3 is 19.6 Å². The van der Waals surface area contributed by atoms with Gasteiger partial charge in [-0.25, -0.2) is 4.79 Å². The molecule has 0 saturated carbocycles. The van der Waals surface area contributed by atoms with Crippen molar-refractivity contribution in [3.8, 4) is 17.6 Å². The number of carbonyl (C=O) groups is 1. The van der Waals surface area contributed by atoms with Gasteiger partial charge in [-0.2, -0.15) is 5.26 Å². The van der Waals surface area contributed by atoms with Gasteiger partial charge in [-0.1, -0.05) is 12.1 Å². The number of benzene rings is 2. The van der Waals surface area contributed by atoms with E-state index in [9.17, 15) is 4.79 Å². The summed E-state index contributed by atoms with van der Waals surface area (Å²) in [6, 6.07) is 14.2. The second kappa shape index (κ2) is 6.34. The summed E-state index contributed by atoms with van der Waals surface area (Å²) in [4.78, 5) is 13.9. The summed E-state index contributed by atoms with van der Waals surface area (Å²) in [6.07, 6.45) is 0. The quantitative estimate of drug-likeness (QED) is 0.751. The van der Waals surface area contributed by atoms with E-state index in [4.69, 9.17) is 19.8 Å². The number of aromatic nitrogens is 1. The van der Waals surface area contributed by atoms with Crippen molar-refractivity contribution < 1.29 is 19.4 Å². The van der Waals surface area contributed by atoms with Crippen LogP contribution in [0.5, 0.6) is 11.5 Å². The Labute approximate surface area is 137 Å². The van der Waals surface area contributed by atoms with E-state index < -0.39 is 5.97 Å². The van der Waals surface area contributed by atoms with Gasteiger partial charge in [0.1, 0.15) is 12.3 Å². The minimum Gasteiger partial charge on any atom is -0.493 e. The normalized spacial score (nSPS) is 10.3. The molecule has 0 amide bonds. The standard InChI is InChI=1S/C18H14N2O4/c1-23-16-8-14-13(6-15(20-14)18(21)22)7-17(16)24-10-12-4-2-11(9-19)3-5-12/h2-8,20H,10H2,1H3,(H,21,22). The maximum absolute atomic E-state index is 11.1. The van der Waals surface area contributed by atoms with E-state index in [0.717, 1.165) is 10.9 Å². The number of H-pyrrole nitrogens is 1. The van der Waals surface area contributed by atoms with Gasteiger partial charge >= 0.3 is 5.97 Å². The molecule has 0 bridgehead atoms. The molecule has 0 saturated heterocycles. The number of ether oxygens (including phenoxy) is 2. The van der Waals surface area contributed by atoms with Crippen molar-refractivity contribution in [2.45, 2.75) is 6.61 Å². The zero-order chi connectivity index (χ0) is 17.1. The molecule has 3 rings (SSSR count). The molecule has 6 heteroatoms. The molecule has 0 aliphatic heterocycles. The molecule has 1 aromatic heterocycles. The van der Waals surface area contributed by atoms with Crippen LogP contribution < -0.4 is 9.47 Å². The smallest absolute Gasteiger partial charge is 0.352 e. The lowest BCUT2D eigenvalue weighted by Gasteiger charge is -2.11. The highest BCUT2D eigenvalue weighted by Crippen LogP contribution is 2.33. The highest BCUT2D eigenvalue weighted by Gasteiger charge is 2.12. The molecule has 0 aliphatic carbocycles. The Balaban J connectivity index is 1.86. The Kier molecular flexibility index (Phi) is 4.08. The molecule has 0 spiro atoms. The van der Waals surface area contributed by atoms with E-state index in [1.807, 2.05) is 12.1 Å². The number of nitrogens with zero attached hydrogens (tertiary/aromatic N) is 1. The third-order valence-electron chi connectivity index (χ3n) is 3.61. The number of carboxylic acid groups (broad SMARTS) is 1. The van der Waals surface area contributed by atoms with Crippen molar-refractivity contribution in [1.82, 2.24) is 4.98 Å². The van der Waals surface area contributed by atoms with Crippen LogP contribution >= 0.6 is 0 Å². The minimum absolute atomic E-state index is 0.108. The van der Waals surface area contributed by atoms with Crippen LogP contribution in [0, 0.1) is 11.3 Å². The van der Waals surface area contributed by atoms with Gasteiger partial charge in [-0.15, -0.1) is 0 Å². The first-order chi connectivity index (χ1) is 11.6. The van der Waals surface area contributed by atoms with Crippen molar-refractivity contribution in [2.75, 3.05) is 7.11 Å². The van der Waals surface area contributed by atoms with Gasteiger partial charge in [0.15, 0.2) is 11.5 Å². The van der Waals surface area contributed by atoms with Crippen molar-refractivity contribution in [3.63, 3.8) is 0 Å². The number of fused-ring (bicyclic) bond motifs is 1. The van der Waals surface area contributed by atoms with Gasteiger partial charge in [0.25, 0.3) is 0 Å². The van der Waals surface area contributed by atoms with Crippen LogP contribution in [0.1, 0.15) is 21.6 Å². The average Bonchev–Trinajstić information content (AvgIpc) is 3.02. The third-order valence-corrected chi connectivity index (χ3v) is 3.61.